The highest BCUT2D eigenvalue weighted by Gasteiger charge is 2.20. The summed E-state index contributed by atoms with van der Waals surface area (Å²) in [5, 5.41) is 0. The maximum Gasteiger partial charge on any atom is 0.262 e. The summed E-state index contributed by atoms with van der Waals surface area (Å²) in [6, 6.07) is 8.57. The zero-order valence-corrected chi connectivity index (χ0v) is 15.4. The Hall–Kier alpha value is -1.05. The standard InChI is InChI=1S/C14H14Br2N2O2S/c1-8-11(16)4-3-5-13(8)18-21(19,20)14-7-10(15)6-12(17)9(14)2/h3-7,18H,17H2,1-2H3. The van der Waals surface area contributed by atoms with Gasteiger partial charge in [0.25, 0.3) is 10.0 Å². The number of halogens is 2. The molecular weight excluding hydrogens is 420 g/mol. The molecule has 7 heteroatoms. The van der Waals surface area contributed by atoms with E-state index in [4.69, 9.17) is 5.73 Å². The predicted octanol–water partition coefficient (Wildman–Crippen LogP) is 4.21. The van der Waals surface area contributed by atoms with Gasteiger partial charge >= 0.3 is 0 Å². The second-order valence-electron chi connectivity index (χ2n) is 4.64. The summed E-state index contributed by atoms with van der Waals surface area (Å²) in [5.41, 5.74) is 8.14. The number of nitrogen functional groups attached to an aromatic ring is 1. The van der Waals surface area contributed by atoms with E-state index in [0.717, 1.165) is 10.0 Å². The molecule has 0 bridgehead atoms. The van der Waals surface area contributed by atoms with Gasteiger partial charge in [-0.1, -0.05) is 37.9 Å². The lowest BCUT2D eigenvalue weighted by atomic mass is 10.2. The monoisotopic (exact) mass is 432 g/mol. The van der Waals surface area contributed by atoms with E-state index < -0.39 is 10.0 Å². The molecule has 2 aromatic carbocycles. The molecule has 112 valence electrons. The molecule has 0 spiro atoms. The van der Waals surface area contributed by atoms with Crippen molar-refractivity contribution in [3.8, 4) is 0 Å². The molecule has 0 radical (unpaired) electrons. The minimum atomic E-state index is -3.71. The highest BCUT2D eigenvalue weighted by Crippen LogP contribution is 2.30. The zero-order chi connectivity index (χ0) is 15.8. The lowest BCUT2D eigenvalue weighted by molar-refractivity contribution is 0.600. The second kappa shape index (κ2) is 5.98. The Morgan fingerprint density at radius 1 is 1.10 bits per heavy atom. The molecule has 0 unspecified atom stereocenters. The summed E-state index contributed by atoms with van der Waals surface area (Å²) in [6.07, 6.45) is 0. The first-order valence-corrected chi connectivity index (χ1v) is 9.13. The van der Waals surface area contributed by atoms with E-state index in [0.29, 0.717) is 21.4 Å². The normalized spacial score (nSPS) is 11.4. The minimum absolute atomic E-state index is 0.161. The van der Waals surface area contributed by atoms with Crippen LogP contribution in [0.2, 0.25) is 0 Å². The first-order valence-electron chi connectivity index (χ1n) is 6.06. The molecular formula is C14H14Br2N2O2S. The molecule has 3 N–H and O–H groups in total. The summed E-state index contributed by atoms with van der Waals surface area (Å²) in [6.45, 7) is 3.52. The van der Waals surface area contributed by atoms with Gasteiger partial charge in [0.1, 0.15) is 0 Å². The van der Waals surface area contributed by atoms with Crippen molar-refractivity contribution in [3.63, 3.8) is 0 Å². The summed E-state index contributed by atoms with van der Waals surface area (Å²) in [5.74, 6) is 0. The Morgan fingerprint density at radius 2 is 1.76 bits per heavy atom. The van der Waals surface area contributed by atoms with Crippen LogP contribution in [0.3, 0.4) is 0 Å². The molecule has 2 aromatic rings. The Bertz CT molecular complexity index is 805. The molecule has 0 amide bonds. The van der Waals surface area contributed by atoms with Crippen LogP contribution < -0.4 is 10.5 Å². The fraction of sp³-hybridized carbons (Fsp3) is 0.143. The van der Waals surface area contributed by atoms with E-state index in [1.165, 1.54) is 0 Å². The third-order valence-electron chi connectivity index (χ3n) is 3.17. The molecule has 0 heterocycles. The molecule has 0 aliphatic carbocycles. The summed E-state index contributed by atoms with van der Waals surface area (Å²) >= 11 is 6.66. The van der Waals surface area contributed by atoms with E-state index in [9.17, 15) is 8.42 Å². The Morgan fingerprint density at radius 3 is 2.43 bits per heavy atom. The van der Waals surface area contributed by atoms with Crippen LogP contribution in [0.5, 0.6) is 0 Å². The van der Waals surface area contributed by atoms with Crippen molar-refractivity contribution < 1.29 is 8.42 Å². The van der Waals surface area contributed by atoms with Crippen LogP contribution in [0.4, 0.5) is 11.4 Å². The SMILES string of the molecule is Cc1c(Br)cccc1NS(=O)(=O)c1cc(Br)cc(N)c1C. The molecule has 0 atom stereocenters. The predicted molar refractivity (Wildman–Crippen MR) is 93.0 cm³/mol. The van der Waals surface area contributed by atoms with Gasteiger partial charge in [-0.05, 0) is 49.2 Å². The molecule has 0 aliphatic rings. The van der Waals surface area contributed by atoms with Gasteiger partial charge in [-0.25, -0.2) is 8.42 Å². The van der Waals surface area contributed by atoms with Gasteiger partial charge in [0.2, 0.25) is 0 Å². The van der Waals surface area contributed by atoms with Crippen molar-refractivity contribution >= 4 is 53.3 Å². The van der Waals surface area contributed by atoms with Crippen LogP contribution in [0, 0.1) is 13.8 Å². The number of hydrogen-bond acceptors (Lipinski definition) is 3. The largest absolute Gasteiger partial charge is 0.398 e. The Kier molecular flexibility index (Phi) is 4.65. The lowest BCUT2D eigenvalue weighted by Crippen LogP contribution is -2.16. The molecule has 0 saturated heterocycles. The minimum Gasteiger partial charge on any atom is -0.398 e. The average Bonchev–Trinajstić information content (AvgIpc) is 2.39. The van der Waals surface area contributed by atoms with Gasteiger partial charge in [0, 0.05) is 14.6 Å². The molecule has 2 rings (SSSR count). The molecule has 0 saturated carbocycles. The highest BCUT2D eigenvalue weighted by atomic mass is 79.9. The number of hydrogen-bond donors (Lipinski definition) is 2. The number of benzene rings is 2. The quantitative estimate of drug-likeness (QED) is 0.712. The molecule has 0 fully saturated rings. The van der Waals surface area contributed by atoms with Crippen molar-refractivity contribution in [3.05, 3.63) is 50.4 Å². The van der Waals surface area contributed by atoms with Crippen LogP contribution in [0.25, 0.3) is 0 Å². The van der Waals surface area contributed by atoms with Gasteiger partial charge in [-0.2, -0.15) is 0 Å². The molecule has 4 nitrogen and oxygen atoms in total. The average molecular weight is 434 g/mol. The zero-order valence-electron chi connectivity index (χ0n) is 11.4. The number of rotatable bonds is 3. The third-order valence-corrected chi connectivity index (χ3v) is 5.98. The van der Waals surface area contributed by atoms with E-state index in [-0.39, 0.29) is 4.90 Å². The first kappa shape index (κ1) is 16.3. The fourth-order valence-corrected chi connectivity index (χ4v) is 4.29. The summed E-state index contributed by atoms with van der Waals surface area (Å²) < 4.78 is 29.2. The Balaban J connectivity index is 2.51. The van der Waals surface area contributed by atoms with E-state index in [2.05, 4.69) is 36.6 Å². The molecule has 0 aromatic heterocycles. The van der Waals surface area contributed by atoms with E-state index in [1.807, 2.05) is 13.0 Å². The maximum atomic E-state index is 12.6. The van der Waals surface area contributed by atoms with Crippen molar-refractivity contribution in [2.45, 2.75) is 18.7 Å². The first-order chi connectivity index (χ1) is 9.72. The van der Waals surface area contributed by atoms with Gasteiger partial charge in [-0.3, -0.25) is 4.72 Å². The lowest BCUT2D eigenvalue weighted by Gasteiger charge is -2.14. The van der Waals surface area contributed by atoms with E-state index in [1.54, 1.807) is 31.2 Å². The topological polar surface area (TPSA) is 72.2 Å². The van der Waals surface area contributed by atoms with Crippen molar-refractivity contribution in [2.75, 3.05) is 10.5 Å². The summed E-state index contributed by atoms with van der Waals surface area (Å²) in [7, 11) is -3.71. The van der Waals surface area contributed by atoms with Gasteiger partial charge in [-0.15, -0.1) is 0 Å². The fourth-order valence-electron chi connectivity index (χ4n) is 1.87. The van der Waals surface area contributed by atoms with Crippen molar-refractivity contribution in [1.82, 2.24) is 0 Å². The smallest absolute Gasteiger partial charge is 0.262 e. The number of nitrogens with one attached hydrogen (secondary N) is 1. The van der Waals surface area contributed by atoms with Crippen LogP contribution in [0.1, 0.15) is 11.1 Å². The van der Waals surface area contributed by atoms with Gasteiger partial charge in [0.05, 0.1) is 10.6 Å². The van der Waals surface area contributed by atoms with Crippen LogP contribution in [-0.4, -0.2) is 8.42 Å². The third kappa shape index (κ3) is 3.41. The molecule has 0 aliphatic heterocycles. The van der Waals surface area contributed by atoms with E-state index >= 15 is 0 Å². The van der Waals surface area contributed by atoms with Crippen LogP contribution >= 0.6 is 31.9 Å². The second-order valence-corrected chi connectivity index (χ2v) is 8.06. The van der Waals surface area contributed by atoms with Gasteiger partial charge < -0.3 is 5.73 Å². The van der Waals surface area contributed by atoms with Crippen molar-refractivity contribution in [2.24, 2.45) is 0 Å². The number of anilines is 2. The number of nitrogens with two attached hydrogens (primary N) is 1. The summed E-state index contributed by atoms with van der Waals surface area (Å²) in [4.78, 5) is 0.161. The maximum absolute atomic E-state index is 12.6. The Labute approximate surface area is 141 Å². The highest BCUT2D eigenvalue weighted by molar-refractivity contribution is 9.10. The van der Waals surface area contributed by atoms with Crippen molar-refractivity contribution in [1.29, 1.82) is 0 Å². The van der Waals surface area contributed by atoms with Crippen LogP contribution in [0.15, 0.2) is 44.2 Å². The van der Waals surface area contributed by atoms with Crippen LogP contribution in [-0.2, 0) is 10.0 Å². The van der Waals surface area contributed by atoms with Gasteiger partial charge in [0.15, 0.2) is 0 Å². The molecule has 21 heavy (non-hydrogen) atoms. The number of sulfonamides is 1.